The van der Waals surface area contributed by atoms with Gasteiger partial charge in [0, 0.05) is 57.2 Å². The first-order valence-corrected chi connectivity index (χ1v) is 10.3. The van der Waals surface area contributed by atoms with Gasteiger partial charge in [0.1, 0.15) is 5.76 Å². The van der Waals surface area contributed by atoms with Crippen molar-refractivity contribution < 1.29 is 19.2 Å². The SMILES string of the molecule is C[C@@H]1CN(C[C@H]2CN(C(=O)c3noc4c3CCCC4)C[C@H]2CO)C[C@H](C)O1. The molecule has 1 aromatic heterocycles. The number of aliphatic hydroxyl groups excluding tert-OH is 1. The predicted molar refractivity (Wildman–Crippen MR) is 99.6 cm³/mol. The lowest BCUT2D eigenvalue weighted by Crippen LogP contribution is -2.48. The molecule has 0 saturated carbocycles. The summed E-state index contributed by atoms with van der Waals surface area (Å²) in [6.45, 7) is 8.29. The minimum atomic E-state index is -0.0356. The Morgan fingerprint density at radius 2 is 1.81 bits per heavy atom. The molecule has 4 atom stereocenters. The number of rotatable bonds is 4. The molecule has 0 spiro atoms. The molecule has 0 radical (unpaired) electrons. The number of ether oxygens (including phenoxy) is 1. The first-order chi connectivity index (χ1) is 13.0. The van der Waals surface area contributed by atoms with Crippen LogP contribution in [0.25, 0.3) is 0 Å². The fourth-order valence-corrected chi connectivity index (χ4v) is 4.99. The fraction of sp³-hybridized carbons (Fsp3) is 0.800. The molecular formula is C20H31N3O4. The van der Waals surface area contributed by atoms with Crippen LogP contribution in [0.4, 0.5) is 0 Å². The molecular weight excluding hydrogens is 346 g/mol. The molecule has 3 aliphatic rings. The van der Waals surface area contributed by atoms with E-state index < -0.39 is 0 Å². The number of carbonyl (C=O) groups excluding carboxylic acids is 1. The Morgan fingerprint density at radius 3 is 2.56 bits per heavy atom. The summed E-state index contributed by atoms with van der Waals surface area (Å²) in [7, 11) is 0. The van der Waals surface area contributed by atoms with Gasteiger partial charge in [-0.1, -0.05) is 5.16 Å². The maximum atomic E-state index is 13.1. The highest BCUT2D eigenvalue weighted by Gasteiger charge is 2.39. The second-order valence-corrected chi connectivity index (χ2v) is 8.53. The van der Waals surface area contributed by atoms with Crippen molar-refractivity contribution in [3.63, 3.8) is 0 Å². The van der Waals surface area contributed by atoms with Gasteiger partial charge >= 0.3 is 0 Å². The van der Waals surface area contributed by atoms with Crippen molar-refractivity contribution in [2.75, 3.05) is 39.3 Å². The highest BCUT2D eigenvalue weighted by atomic mass is 16.5. The van der Waals surface area contributed by atoms with Crippen LogP contribution < -0.4 is 0 Å². The average molecular weight is 377 g/mol. The Hall–Kier alpha value is -1.44. The second kappa shape index (κ2) is 7.89. The van der Waals surface area contributed by atoms with Crippen molar-refractivity contribution >= 4 is 5.91 Å². The zero-order chi connectivity index (χ0) is 19.0. The Bertz CT molecular complexity index is 666. The van der Waals surface area contributed by atoms with E-state index in [1.54, 1.807) is 0 Å². The number of likely N-dealkylation sites (tertiary alicyclic amines) is 1. The maximum Gasteiger partial charge on any atom is 0.276 e. The van der Waals surface area contributed by atoms with Gasteiger partial charge in [-0.2, -0.15) is 0 Å². The van der Waals surface area contributed by atoms with E-state index in [9.17, 15) is 9.90 Å². The molecule has 7 heteroatoms. The lowest BCUT2D eigenvalue weighted by atomic mass is 9.96. The van der Waals surface area contributed by atoms with Crippen molar-refractivity contribution in [2.45, 2.75) is 51.7 Å². The summed E-state index contributed by atoms with van der Waals surface area (Å²) in [5.74, 6) is 1.24. The number of carbonyl (C=O) groups is 1. The zero-order valence-electron chi connectivity index (χ0n) is 16.4. The van der Waals surface area contributed by atoms with Crippen LogP contribution in [0.2, 0.25) is 0 Å². The van der Waals surface area contributed by atoms with E-state index in [0.717, 1.165) is 56.6 Å². The van der Waals surface area contributed by atoms with Crippen molar-refractivity contribution in [2.24, 2.45) is 11.8 Å². The molecule has 1 N–H and O–H groups in total. The van der Waals surface area contributed by atoms with Crippen molar-refractivity contribution in [3.8, 4) is 0 Å². The molecule has 27 heavy (non-hydrogen) atoms. The Morgan fingerprint density at radius 1 is 1.11 bits per heavy atom. The Labute approximate surface area is 160 Å². The molecule has 0 aromatic carbocycles. The van der Waals surface area contributed by atoms with Gasteiger partial charge in [0.25, 0.3) is 5.91 Å². The summed E-state index contributed by atoms with van der Waals surface area (Å²) in [4.78, 5) is 17.4. The van der Waals surface area contributed by atoms with Crippen LogP contribution in [0, 0.1) is 11.8 Å². The molecule has 4 rings (SSSR count). The number of aryl methyl sites for hydroxylation is 1. The topological polar surface area (TPSA) is 79.0 Å². The lowest BCUT2D eigenvalue weighted by Gasteiger charge is -2.37. The Balaban J connectivity index is 1.43. The second-order valence-electron chi connectivity index (χ2n) is 8.53. The van der Waals surface area contributed by atoms with Gasteiger partial charge in [0.05, 0.1) is 12.2 Å². The summed E-state index contributed by atoms with van der Waals surface area (Å²) in [5, 5.41) is 14.0. The number of aromatic nitrogens is 1. The summed E-state index contributed by atoms with van der Waals surface area (Å²) < 4.78 is 11.2. The van der Waals surface area contributed by atoms with Crippen molar-refractivity contribution in [1.82, 2.24) is 15.0 Å². The van der Waals surface area contributed by atoms with Gasteiger partial charge in [-0.3, -0.25) is 9.69 Å². The molecule has 2 aliphatic heterocycles. The lowest BCUT2D eigenvalue weighted by molar-refractivity contribution is -0.0726. The van der Waals surface area contributed by atoms with E-state index in [0.29, 0.717) is 18.8 Å². The normalized spacial score (nSPS) is 31.9. The van der Waals surface area contributed by atoms with Crippen LogP contribution in [0.1, 0.15) is 48.5 Å². The number of aliphatic hydroxyl groups is 1. The highest BCUT2D eigenvalue weighted by Crippen LogP contribution is 2.29. The van der Waals surface area contributed by atoms with Crippen LogP contribution in [-0.4, -0.2) is 77.5 Å². The van der Waals surface area contributed by atoms with Crippen molar-refractivity contribution in [1.29, 1.82) is 0 Å². The number of morpholine rings is 1. The molecule has 2 fully saturated rings. The molecule has 0 bridgehead atoms. The number of hydrogen-bond acceptors (Lipinski definition) is 6. The van der Waals surface area contributed by atoms with E-state index in [4.69, 9.17) is 9.26 Å². The highest BCUT2D eigenvalue weighted by molar-refractivity contribution is 5.94. The van der Waals surface area contributed by atoms with E-state index >= 15 is 0 Å². The third-order valence-electron chi connectivity index (χ3n) is 6.24. The van der Waals surface area contributed by atoms with Crippen LogP contribution in [0.15, 0.2) is 4.52 Å². The van der Waals surface area contributed by atoms with Crippen LogP contribution in [0.5, 0.6) is 0 Å². The standard InChI is InChI=1S/C20H31N3O4/c1-13-7-22(8-14(2)26-13)9-15-10-23(11-16(15)12-24)20(25)19-17-5-3-4-6-18(17)27-21-19/h13-16,24H,3-12H2,1-2H3/t13-,14+,15-,16-/m0/s1. The predicted octanol–water partition coefficient (Wildman–Crippen LogP) is 1.34. The summed E-state index contributed by atoms with van der Waals surface area (Å²) in [5.41, 5.74) is 1.50. The first kappa shape index (κ1) is 18.9. The molecule has 1 aromatic rings. The zero-order valence-corrected chi connectivity index (χ0v) is 16.4. The molecule has 0 unspecified atom stereocenters. The number of nitrogens with zero attached hydrogens (tertiary/aromatic N) is 3. The van der Waals surface area contributed by atoms with Gasteiger partial charge in [-0.25, -0.2) is 0 Å². The van der Waals surface area contributed by atoms with Gasteiger partial charge in [0.2, 0.25) is 0 Å². The van der Waals surface area contributed by atoms with Gasteiger partial charge in [-0.15, -0.1) is 0 Å². The fourth-order valence-electron chi connectivity index (χ4n) is 4.99. The third kappa shape index (κ3) is 3.91. The van der Waals surface area contributed by atoms with E-state index in [1.807, 2.05) is 4.90 Å². The largest absolute Gasteiger partial charge is 0.396 e. The van der Waals surface area contributed by atoms with E-state index in [2.05, 4.69) is 23.9 Å². The van der Waals surface area contributed by atoms with Crippen LogP contribution >= 0.6 is 0 Å². The molecule has 1 amide bonds. The van der Waals surface area contributed by atoms with Gasteiger partial charge < -0.3 is 19.3 Å². The molecule has 150 valence electrons. The number of hydrogen-bond donors (Lipinski definition) is 1. The van der Waals surface area contributed by atoms with Gasteiger partial charge in [-0.05, 0) is 39.0 Å². The molecule has 2 saturated heterocycles. The molecule has 1 aliphatic carbocycles. The molecule has 3 heterocycles. The minimum Gasteiger partial charge on any atom is -0.396 e. The summed E-state index contributed by atoms with van der Waals surface area (Å²) in [6, 6.07) is 0. The summed E-state index contributed by atoms with van der Waals surface area (Å²) >= 11 is 0. The average Bonchev–Trinajstić information content (AvgIpc) is 3.24. The number of fused-ring (bicyclic) bond motifs is 1. The van der Waals surface area contributed by atoms with Crippen molar-refractivity contribution in [3.05, 3.63) is 17.0 Å². The third-order valence-corrected chi connectivity index (χ3v) is 6.24. The van der Waals surface area contributed by atoms with Crippen LogP contribution in [0.3, 0.4) is 0 Å². The smallest absolute Gasteiger partial charge is 0.276 e. The van der Waals surface area contributed by atoms with Crippen LogP contribution in [-0.2, 0) is 17.6 Å². The minimum absolute atomic E-state index is 0.0356. The number of amides is 1. The monoisotopic (exact) mass is 377 g/mol. The van der Waals surface area contributed by atoms with E-state index in [1.165, 1.54) is 0 Å². The van der Waals surface area contributed by atoms with Gasteiger partial charge in [0.15, 0.2) is 5.69 Å². The van der Waals surface area contributed by atoms with E-state index in [-0.39, 0.29) is 36.6 Å². The Kier molecular flexibility index (Phi) is 5.53. The summed E-state index contributed by atoms with van der Waals surface area (Å²) in [6.07, 6.45) is 4.40. The molecule has 7 nitrogen and oxygen atoms in total. The maximum absolute atomic E-state index is 13.1. The quantitative estimate of drug-likeness (QED) is 0.853. The first-order valence-electron chi connectivity index (χ1n) is 10.3.